The van der Waals surface area contributed by atoms with E-state index in [1.54, 1.807) is 38.1 Å². The molecule has 160 valence electrons. The summed E-state index contributed by atoms with van der Waals surface area (Å²) in [6, 6.07) is 10.1. The first kappa shape index (κ1) is 21.9. The van der Waals surface area contributed by atoms with E-state index >= 15 is 0 Å². The van der Waals surface area contributed by atoms with Crippen LogP contribution in [0.4, 0.5) is 4.39 Å². The fraction of sp³-hybridized carbons (Fsp3) is 0.318. The Morgan fingerprint density at radius 2 is 1.67 bits per heavy atom. The first-order valence-electron chi connectivity index (χ1n) is 9.43. The lowest BCUT2D eigenvalue weighted by Gasteiger charge is -2.16. The molecule has 1 heterocycles. The van der Waals surface area contributed by atoms with Gasteiger partial charge in [0.05, 0.1) is 33.6 Å². The Morgan fingerprint density at radius 1 is 0.967 bits per heavy atom. The minimum atomic E-state index is -0.267. The highest BCUT2D eigenvalue weighted by atomic mass is 35.5. The predicted octanol–water partition coefficient (Wildman–Crippen LogP) is 4.35. The summed E-state index contributed by atoms with van der Waals surface area (Å²) in [5.74, 6) is 1.52. The number of benzene rings is 2. The molecule has 0 saturated carbocycles. The Morgan fingerprint density at radius 3 is 2.30 bits per heavy atom. The van der Waals surface area contributed by atoms with Crippen LogP contribution in [0.2, 0.25) is 5.15 Å². The third-order valence-corrected chi connectivity index (χ3v) is 5.25. The number of nitrogens with zero attached hydrogens (tertiary/aromatic N) is 2. The first-order chi connectivity index (χ1) is 14.5. The van der Waals surface area contributed by atoms with Crippen LogP contribution < -0.4 is 19.5 Å². The second-order valence-corrected chi connectivity index (χ2v) is 7.09. The van der Waals surface area contributed by atoms with Crippen molar-refractivity contribution in [3.63, 3.8) is 0 Å². The van der Waals surface area contributed by atoms with Gasteiger partial charge in [-0.05, 0) is 30.7 Å². The molecule has 0 spiro atoms. The van der Waals surface area contributed by atoms with Gasteiger partial charge in [-0.1, -0.05) is 29.8 Å². The molecule has 0 fully saturated rings. The van der Waals surface area contributed by atoms with Crippen LogP contribution in [0.25, 0.3) is 0 Å². The van der Waals surface area contributed by atoms with E-state index in [9.17, 15) is 4.39 Å². The summed E-state index contributed by atoms with van der Waals surface area (Å²) in [6.45, 7) is 3.47. The van der Waals surface area contributed by atoms with Crippen LogP contribution in [-0.2, 0) is 19.6 Å². The molecule has 0 aliphatic carbocycles. The zero-order valence-corrected chi connectivity index (χ0v) is 18.2. The van der Waals surface area contributed by atoms with Gasteiger partial charge in [-0.3, -0.25) is 0 Å². The average Bonchev–Trinajstić information content (AvgIpc) is 3.01. The Balaban J connectivity index is 1.71. The third kappa shape index (κ3) is 4.68. The summed E-state index contributed by atoms with van der Waals surface area (Å²) < 4.78 is 31.1. The smallest absolute Gasteiger partial charge is 0.203 e. The minimum absolute atomic E-state index is 0.267. The number of ether oxygens (including phenoxy) is 3. The summed E-state index contributed by atoms with van der Waals surface area (Å²) in [7, 11) is 4.76. The Bertz CT molecular complexity index is 1010. The van der Waals surface area contributed by atoms with Crippen LogP contribution in [0.15, 0.2) is 36.4 Å². The van der Waals surface area contributed by atoms with Crippen molar-refractivity contribution in [1.29, 1.82) is 0 Å². The highest BCUT2D eigenvalue weighted by molar-refractivity contribution is 6.30. The van der Waals surface area contributed by atoms with Crippen molar-refractivity contribution in [2.24, 2.45) is 0 Å². The van der Waals surface area contributed by atoms with E-state index in [-0.39, 0.29) is 5.82 Å². The topological polar surface area (TPSA) is 57.5 Å². The molecular weight excluding hydrogens is 409 g/mol. The second-order valence-electron chi connectivity index (χ2n) is 6.74. The Hall–Kier alpha value is -2.77. The lowest BCUT2D eigenvalue weighted by molar-refractivity contribution is 0.321. The highest BCUT2D eigenvalue weighted by Gasteiger charge is 2.17. The molecule has 6 nitrogen and oxygen atoms in total. The maximum Gasteiger partial charge on any atom is 0.203 e. The van der Waals surface area contributed by atoms with Crippen LogP contribution >= 0.6 is 11.6 Å². The highest BCUT2D eigenvalue weighted by Crippen LogP contribution is 2.39. The zero-order chi connectivity index (χ0) is 21.7. The Labute approximate surface area is 180 Å². The lowest BCUT2D eigenvalue weighted by Crippen LogP contribution is -2.14. The fourth-order valence-electron chi connectivity index (χ4n) is 3.28. The van der Waals surface area contributed by atoms with Gasteiger partial charge >= 0.3 is 0 Å². The first-order valence-corrected chi connectivity index (χ1v) is 9.81. The van der Waals surface area contributed by atoms with Gasteiger partial charge in [0.1, 0.15) is 11.0 Å². The standard InChI is InChI=1S/C22H25ClFN3O3/c1-14-18(22(23)27(26-14)13-15-5-8-17(24)9-6-15)12-25-11-16-7-10-19(28-2)21(30-4)20(16)29-3/h5-10,25H,11-13H2,1-4H3. The maximum atomic E-state index is 13.1. The molecule has 1 N–H and O–H groups in total. The largest absolute Gasteiger partial charge is 0.493 e. The molecule has 0 saturated heterocycles. The van der Waals surface area contributed by atoms with Gasteiger partial charge in [0.25, 0.3) is 0 Å². The summed E-state index contributed by atoms with van der Waals surface area (Å²) >= 11 is 6.56. The maximum absolute atomic E-state index is 13.1. The molecule has 0 unspecified atom stereocenters. The van der Waals surface area contributed by atoms with Crippen LogP contribution in [-0.4, -0.2) is 31.1 Å². The summed E-state index contributed by atoms with van der Waals surface area (Å²) in [6.07, 6.45) is 0. The quantitative estimate of drug-likeness (QED) is 0.543. The average molecular weight is 434 g/mol. The fourth-order valence-corrected chi connectivity index (χ4v) is 3.58. The zero-order valence-electron chi connectivity index (χ0n) is 17.5. The molecule has 3 rings (SSSR count). The van der Waals surface area contributed by atoms with Crippen LogP contribution in [0.3, 0.4) is 0 Å². The minimum Gasteiger partial charge on any atom is -0.493 e. The van der Waals surface area contributed by atoms with Gasteiger partial charge in [0.2, 0.25) is 5.75 Å². The van der Waals surface area contributed by atoms with Crippen molar-refractivity contribution in [3.8, 4) is 17.2 Å². The number of aryl methyl sites for hydroxylation is 1. The van der Waals surface area contributed by atoms with Gasteiger partial charge in [-0.2, -0.15) is 5.10 Å². The number of methoxy groups -OCH3 is 3. The van der Waals surface area contributed by atoms with Crippen molar-refractivity contribution in [1.82, 2.24) is 15.1 Å². The van der Waals surface area contributed by atoms with E-state index in [0.29, 0.717) is 42.0 Å². The molecule has 0 aliphatic heterocycles. The van der Waals surface area contributed by atoms with Crippen molar-refractivity contribution >= 4 is 11.6 Å². The predicted molar refractivity (Wildman–Crippen MR) is 114 cm³/mol. The summed E-state index contributed by atoms with van der Waals surface area (Å²) in [5.41, 5.74) is 3.62. The number of hydrogen-bond acceptors (Lipinski definition) is 5. The summed E-state index contributed by atoms with van der Waals surface area (Å²) in [5, 5.41) is 8.47. The van der Waals surface area contributed by atoms with Crippen LogP contribution in [0.1, 0.15) is 22.4 Å². The molecular formula is C22H25ClFN3O3. The molecule has 0 radical (unpaired) electrons. The molecule has 0 amide bonds. The third-order valence-electron chi connectivity index (χ3n) is 4.83. The molecule has 0 atom stereocenters. The van der Waals surface area contributed by atoms with Gasteiger partial charge in [0, 0.05) is 24.2 Å². The van der Waals surface area contributed by atoms with Crippen molar-refractivity contribution in [2.45, 2.75) is 26.6 Å². The number of halogens is 2. The van der Waals surface area contributed by atoms with Crippen LogP contribution in [0, 0.1) is 12.7 Å². The van der Waals surface area contributed by atoms with E-state index in [4.69, 9.17) is 25.8 Å². The molecule has 8 heteroatoms. The van der Waals surface area contributed by atoms with Crippen LogP contribution in [0.5, 0.6) is 17.2 Å². The molecule has 1 aromatic heterocycles. The number of hydrogen-bond donors (Lipinski definition) is 1. The van der Waals surface area contributed by atoms with Crippen molar-refractivity contribution in [3.05, 3.63) is 69.8 Å². The second kappa shape index (κ2) is 9.82. The Kier molecular flexibility index (Phi) is 7.18. The molecule has 0 aliphatic rings. The number of aromatic nitrogens is 2. The number of rotatable bonds is 9. The lowest BCUT2D eigenvalue weighted by atomic mass is 10.1. The van der Waals surface area contributed by atoms with Gasteiger partial charge in [-0.15, -0.1) is 0 Å². The molecule has 2 aromatic carbocycles. The summed E-state index contributed by atoms with van der Waals surface area (Å²) in [4.78, 5) is 0. The molecule has 30 heavy (non-hydrogen) atoms. The number of nitrogens with one attached hydrogen (secondary N) is 1. The normalized spacial score (nSPS) is 10.9. The van der Waals surface area contributed by atoms with E-state index < -0.39 is 0 Å². The monoisotopic (exact) mass is 433 g/mol. The van der Waals surface area contributed by atoms with Gasteiger partial charge in [-0.25, -0.2) is 9.07 Å². The van der Waals surface area contributed by atoms with Crippen molar-refractivity contribution in [2.75, 3.05) is 21.3 Å². The SMILES string of the molecule is COc1ccc(CNCc2c(C)nn(Cc3ccc(F)cc3)c2Cl)c(OC)c1OC. The van der Waals surface area contributed by atoms with E-state index in [1.807, 2.05) is 19.1 Å². The van der Waals surface area contributed by atoms with E-state index in [0.717, 1.165) is 22.4 Å². The van der Waals surface area contributed by atoms with Gasteiger partial charge < -0.3 is 19.5 Å². The molecule has 0 bridgehead atoms. The van der Waals surface area contributed by atoms with E-state index in [1.165, 1.54) is 12.1 Å². The van der Waals surface area contributed by atoms with Gasteiger partial charge in [0.15, 0.2) is 11.5 Å². The van der Waals surface area contributed by atoms with Crippen molar-refractivity contribution < 1.29 is 18.6 Å². The van der Waals surface area contributed by atoms with E-state index in [2.05, 4.69) is 10.4 Å². The molecule has 3 aromatic rings.